The highest BCUT2D eigenvalue weighted by Crippen LogP contribution is 2.21. The predicted octanol–water partition coefficient (Wildman–Crippen LogP) is 3.07. The van der Waals surface area contributed by atoms with Gasteiger partial charge in [-0.1, -0.05) is 12.1 Å². The van der Waals surface area contributed by atoms with Crippen molar-refractivity contribution in [1.82, 2.24) is 14.8 Å². The Morgan fingerprint density at radius 1 is 1.47 bits per heavy atom. The predicted molar refractivity (Wildman–Crippen MR) is 64.5 cm³/mol. The summed E-state index contributed by atoms with van der Waals surface area (Å²) in [6, 6.07) is 5.18. The Morgan fingerprint density at radius 3 is 2.88 bits per heavy atom. The Bertz CT molecular complexity index is 524. The average molecular weight is 254 g/mol. The fourth-order valence-electron chi connectivity index (χ4n) is 1.72. The highest BCUT2D eigenvalue weighted by molar-refractivity contribution is 6.16. The van der Waals surface area contributed by atoms with Crippen LogP contribution in [-0.4, -0.2) is 14.8 Å². The second-order valence-corrected chi connectivity index (χ2v) is 4.24. The monoisotopic (exact) mass is 253 g/mol. The third kappa shape index (κ3) is 2.31. The summed E-state index contributed by atoms with van der Waals surface area (Å²) in [6.07, 6.45) is 1.61. The van der Waals surface area contributed by atoms with E-state index in [2.05, 4.69) is 10.2 Å². The van der Waals surface area contributed by atoms with Crippen molar-refractivity contribution in [3.8, 4) is 0 Å². The van der Waals surface area contributed by atoms with Gasteiger partial charge in [0.25, 0.3) is 0 Å². The van der Waals surface area contributed by atoms with Gasteiger partial charge in [-0.3, -0.25) is 0 Å². The molecule has 0 fully saturated rings. The van der Waals surface area contributed by atoms with Gasteiger partial charge >= 0.3 is 0 Å². The van der Waals surface area contributed by atoms with Gasteiger partial charge in [-0.25, -0.2) is 4.39 Å². The number of aryl methyl sites for hydroxylation is 1. The zero-order valence-electron chi connectivity index (χ0n) is 9.69. The van der Waals surface area contributed by atoms with Gasteiger partial charge in [-0.05, 0) is 31.0 Å². The average Bonchev–Trinajstić information content (AvgIpc) is 2.80. The van der Waals surface area contributed by atoms with E-state index in [1.54, 1.807) is 19.3 Å². The molecule has 1 unspecified atom stereocenters. The van der Waals surface area contributed by atoms with Crippen LogP contribution in [-0.2, 0) is 5.88 Å². The number of alkyl halides is 1. The minimum atomic E-state index is -0.199. The van der Waals surface area contributed by atoms with E-state index < -0.39 is 0 Å². The third-order valence-electron chi connectivity index (χ3n) is 2.86. The minimum absolute atomic E-state index is 0.0335. The number of benzene rings is 1. The lowest BCUT2D eigenvalue weighted by molar-refractivity contribution is 0.589. The van der Waals surface area contributed by atoms with Crippen molar-refractivity contribution in [2.24, 2.45) is 0 Å². The first-order valence-electron chi connectivity index (χ1n) is 5.34. The maximum atomic E-state index is 13.5. The number of aromatic nitrogens is 3. The quantitative estimate of drug-likeness (QED) is 0.787. The van der Waals surface area contributed by atoms with Gasteiger partial charge in [0.15, 0.2) is 0 Å². The molecule has 1 heterocycles. The summed E-state index contributed by atoms with van der Waals surface area (Å²) in [7, 11) is 0. The standard InChI is InChI=1S/C12H13ClFN3/c1-8-3-4-10(5-11(8)14)9(2)17-7-15-16-12(17)6-13/h3-5,7,9H,6H2,1-2H3. The molecule has 17 heavy (non-hydrogen) atoms. The van der Waals surface area contributed by atoms with E-state index in [4.69, 9.17) is 11.6 Å². The van der Waals surface area contributed by atoms with Crippen LogP contribution in [0.5, 0.6) is 0 Å². The van der Waals surface area contributed by atoms with Crippen molar-refractivity contribution >= 4 is 11.6 Å². The van der Waals surface area contributed by atoms with Gasteiger partial charge in [-0.15, -0.1) is 21.8 Å². The summed E-state index contributed by atoms with van der Waals surface area (Å²) in [6.45, 7) is 3.70. The van der Waals surface area contributed by atoms with E-state index >= 15 is 0 Å². The van der Waals surface area contributed by atoms with Crippen molar-refractivity contribution < 1.29 is 4.39 Å². The normalized spacial score (nSPS) is 12.7. The summed E-state index contributed by atoms with van der Waals surface area (Å²) >= 11 is 5.76. The SMILES string of the molecule is Cc1ccc(C(C)n2cnnc2CCl)cc1F. The van der Waals surface area contributed by atoms with Crippen molar-refractivity contribution in [3.05, 3.63) is 47.3 Å². The molecule has 1 aromatic heterocycles. The maximum Gasteiger partial charge on any atom is 0.148 e. The van der Waals surface area contributed by atoms with Crippen LogP contribution in [0.4, 0.5) is 4.39 Å². The van der Waals surface area contributed by atoms with Gasteiger partial charge in [0.05, 0.1) is 11.9 Å². The van der Waals surface area contributed by atoms with Crippen LogP contribution >= 0.6 is 11.6 Å². The van der Waals surface area contributed by atoms with Crippen molar-refractivity contribution in [3.63, 3.8) is 0 Å². The molecule has 0 aliphatic rings. The van der Waals surface area contributed by atoms with Crippen molar-refractivity contribution in [2.75, 3.05) is 0 Å². The second kappa shape index (κ2) is 4.84. The molecule has 90 valence electrons. The third-order valence-corrected chi connectivity index (χ3v) is 3.10. The molecule has 0 aliphatic carbocycles. The van der Waals surface area contributed by atoms with Gasteiger partial charge in [-0.2, -0.15) is 0 Å². The molecule has 0 bridgehead atoms. The second-order valence-electron chi connectivity index (χ2n) is 3.97. The highest BCUT2D eigenvalue weighted by atomic mass is 35.5. The first-order chi connectivity index (χ1) is 8.13. The van der Waals surface area contributed by atoms with E-state index in [0.717, 1.165) is 5.56 Å². The molecular formula is C12H13ClFN3. The largest absolute Gasteiger partial charge is 0.309 e. The smallest absolute Gasteiger partial charge is 0.148 e. The van der Waals surface area contributed by atoms with Gasteiger partial charge < -0.3 is 4.57 Å². The van der Waals surface area contributed by atoms with Crippen LogP contribution in [0, 0.1) is 12.7 Å². The van der Waals surface area contributed by atoms with Crippen molar-refractivity contribution in [1.29, 1.82) is 0 Å². The van der Waals surface area contributed by atoms with Crippen molar-refractivity contribution in [2.45, 2.75) is 25.8 Å². The Morgan fingerprint density at radius 2 is 2.24 bits per heavy atom. The summed E-state index contributed by atoms with van der Waals surface area (Å²) in [5.41, 5.74) is 1.52. The maximum absolute atomic E-state index is 13.5. The number of hydrogen-bond donors (Lipinski definition) is 0. The Kier molecular flexibility index (Phi) is 3.43. The number of rotatable bonds is 3. The molecule has 0 N–H and O–H groups in total. The molecule has 2 rings (SSSR count). The van der Waals surface area contributed by atoms with Gasteiger partial charge in [0.1, 0.15) is 18.0 Å². The molecular weight excluding hydrogens is 241 g/mol. The zero-order valence-corrected chi connectivity index (χ0v) is 10.4. The number of halogens is 2. The van der Waals surface area contributed by atoms with Crippen LogP contribution in [0.25, 0.3) is 0 Å². The van der Waals surface area contributed by atoms with E-state index in [1.165, 1.54) is 6.07 Å². The molecule has 1 aromatic carbocycles. The van der Waals surface area contributed by atoms with Gasteiger partial charge in [0, 0.05) is 0 Å². The summed E-state index contributed by atoms with van der Waals surface area (Å²) in [5, 5.41) is 7.72. The molecule has 0 radical (unpaired) electrons. The first-order valence-corrected chi connectivity index (χ1v) is 5.87. The summed E-state index contributed by atoms with van der Waals surface area (Å²) in [4.78, 5) is 0. The number of hydrogen-bond acceptors (Lipinski definition) is 2. The fraction of sp³-hybridized carbons (Fsp3) is 0.333. The fourth-order valence-corrected chi connectivity index (χ4v) is 1.91. The van der Waals surface area contributed by atoms with E-state index in [0.29, 0.717) is 17.3 Å². The lowest BCUT2D eigenvalue weighted by atomic mass is 10.1. The highest BCUT2D eigenvalue weighted by Gasteiger charge is 2.13. The van der Waals surface area contributed by atoms with Crippen LogP contribution in [0.3, 0.4) is 0 Å². The van der Waals surface area contributed by atoms with Gasteiger partial charge in [0.2, 0.25) is 0 Å². The Balaban J connectivity index is 2.36. The van der Waals surface area contributed by atoms with E-state index in [9.17, 15) is 4.39 Å². The topological polar surface area (TPSA) is 30.7 Å². The molecule has 0 saturated heterocycles. The lowest BCUT2D eigenvalue weighted by Gasteiger charge is -2.15. The zero-order chi connectivity index (χ0) is 12.4. The minimum Gasteiger partial charge on any atom is -0.309 e. The van der Waals surface area contributed by atoms with Crippen LogP contribution in [0.2, 0.25) is 0 Å². The van der Waals surface area contributed by atoms with Crippen LogP contribution < -0.4 is 0 Å². The van der Waals surface area contributed by atoms with E-state index in [-0.39, 0.29) is 11.9 Å². The summed E-state index contributed by atoms with van der Waals surface area (Å²) < 4.78 is 15.3. The lowest BCUT2D eigenvalue weighted by Crippen LogP contribution is -2.09. The molecule has 1 atom stereocenters. The van der Waals surface area contributed by atoms with Crippen LogP contribution in [0.15, 0.2) is 24.5 Å². The van der Waals surface area contributed by atoms with Crippen LogP contribution in [0.1, 0.15) is 29.9 Å². The molecule has 0 saturated carbocycles. The Hall–Kier alpha value is -1.42. The van der Waals surface area contributed by atoms with E-state index in [1.807, 2.05) is 17.6 Å². The molecule has 0 aliphatic heterocycles. The number of nitrogens with zero attached hydrogens (tertiary/aromatic N) is 3. The summed E-state index contributed by atoms with van der Waals surface area (Å²) in [5.74, 6) is 0.772. The molecule has 3 nitrogen and oxygen atoms in total. The Labute approximate surface area is 104 Å². The molecule has 2 aromatic rings. The molecule has 0 amide bonds. The molecule has 0 spiro atoms. The molecule has 5 heteroatoms. The first kappa shape index (κ1) is 12.0.